The number of anilines is 1. The molecule has 1 amide bonds. The van der Waals surface area contributed by atoms with E-state index in [1.165, 1.54) is 23.1 Å². The van der Waals surface area contributed by atoms with Crippen LogP contribution in [0.25, 0.3) is 32.7 Å². The fourth-order valence-corrected chi connectivity index (χ4v) is 5.47. The Morgan fingerprint density at radius 2 is 1.53 bits per heavy atom. The standard InChI is InChI=1S/C28H25N5O3S2/c1-17-4-13-22-23(16-17)38-27(29-22)30-24(34)14-15-37-28-31-25(18-5-9-20(35-2)10-6-18)26(32-33-28)19-7-11-21(36-3)12-8-19/h4-13,16H,14-15H2,1-3H3,(H,29,30,34). The average molecular weight is 544 g/mol. The maximum absolute atomic E-state index is 12.6. The van der Waals surface area contributed by atoms with Crippen LogP contribution in [0.15, 0.2) is 71.9 Å². The largest absolute Gasteiger partial charge is 0.497 e. The van der Waals surface area contributed by atoms with Gasteiger partial charge in [-0.05, 0) is 73.2 Å². The molecule has 0 atom stereocenters. The van der Waals surface area contributed by atoms with Crippen molar-refractivity contribution < 1.29 is 14.3 Å². The highest BCUT2D eigenvalue weighted by Gasteiger charge is 2.15. The normalized spacial score (nSPS) is 10.9. The number of nitrogens with one attached hydrogen (secondary N) is 1. The van der Waals surface area contributed by atoms with Gasteiger partial charge >= 0.3 is 0 Å². The number of thioether (sulfide) groups is 1. The van der Waals surface area contributed by atoms with Crippen LogP contribution in [0.1, 0.15) is 12.0 Å². The summed E-state index contributed by atoms with van der Waals surface area (Å²) in [6, 6.07) is 21.3. The second-order valence-electron chi connectivity index (χ2n) is 8.39. The number of aryl methyl sites for hydroxylation is 1. The lowest BCUT2D eigenvalue weighted by atomic mass is 10.0. The molecule has 2 aromatic heterocycles. The van der Waals surface area contributed by atoms with E-state index in [-0.39, 0.29) is 5.91 Å². The molecule has 0 bridgehead atoms. The van der Waals surface area contributed by atoms with Crippen molar-refractivity contribution in [3.05, 3.63) is 72.3 Å². The Labute approximate surface area is 228 Å². The molecule has 0 saturated carbocycles. The molecule has 5 rings (SSSR count). The number of fused-ring (bicyclic) bond motifs is 1. The van der Waals surface area contributed by atoms with Crippen LogP contribution in [-0.4, -0.2) is 46.0 Å². The lowest BCUT2D eigenvalue weighted by Crippen LogP contribution is -2.12. The van der Waals surface area contributed by atoms with Crippen molar-refractivity contribution in [1.82, 2.24) is 20.2 Å². The van der Waals surface area contributed by atoms with Crippen molar-refractivity contribution in [2.24, 2.45) is 0 Å². The Hall–Kier alpha value is -4.02. The Kier molecular flexibility index (Phi) is 7.81. The molecule has 0 radical (unpaired) electrons. The predicted molar refractivity (Wildman–Crippen MR) is 152 cm³/mol. The van der Waals surface area contributed by atoms with Crippen LogP contribution < -0.4 is 14.8 Å². The molecule has 0 unspecified atom stereocenters. The molecular weight excluding hydrogens is 518 g/mol. The molecule has 38 heavy (non-hydrogen) atoms. The van der Waals surface area contributed by atoms with Crippen LogP contribution in [0.4, 0.5) is 5.13 Å². The molecule has 8 nitrogen and oxygen atoms in total. The third-order valence-electron chi connectivity index (χ3n) is 5.74. The first-order valence-corrected chi connectivity index (χ1v) is 13.7. The van der Waals surface area contributed by atoms with Gasteiger partial charge in [0.1, 0.15) is 22.9 Å². The number of thiazole rings is 1. The topological polar surface area (TPSA) is 99.1 Å². The van der Waals surface area contributed by atoms with Gasteiger partial charge in [-0.25, -0.2) is 9.97 Å². The van der Waals surface area contributed by atoms with Crippen molar-refractivity contribution in [3.8, 4) is 34.0 Å². The van der Waals surface area contributed by atoms with Crippen molar-refractivity contribution in [3.63, 3.8) is 0 Å². The van der Waals surface area contributed by atoms with E-state index in [4.69, 9.17) is 14.5 Å². The lowest BCUT2D eigenvalue weighted by Gasteiger charge is -2.10. The lowest BCUT2D eigenvalue weighted by molar-refractivity contribution is -0.115. The zero-order valence-electron chi connectivity index (χ0n) is 21.1. The fraction of sp³-hybridized carbons (Fsp3) is 0.179. The number of benzene rings is 3. The van der Waals surface area contributed by atoms with Gasteiger partial charge in [0.25, 0.3) is 0 Å². The second-order valence-corrected chi connectivity index (χ2v) is 10.5. The number of ether oxygens (including phenoxy) is 2. The zero-order chi connectivity index (χ0) is 26.5. The highest BCUT2D eigenvalue weighted by molar-refractivity contribution is 7.99. The summed E-state index contributed by atoms with van der Waals surface area (Å²) in [6.07, 6.45) is 0.293. The van der Waals surface area contributed by atoms with E-state index in [0.717, 1.165) is 38.4 Å². The SMILES string of the molecule is COc1ccc(-c2nnc(SCCC(=O)Nc3nc4ccc(C)cc4s3)nc2-c2ccc(OC)cc2)cc1. The minimum absolute atomic E-state index is 0.105. The van der Waals surface area contributed by atoms with Gasteiger partial charge < -0.3 is 14.8 Å². The van der Waals surface area contributed by atoms with Gasteiger partial charge in [0.15, 0.2) is 5.13 Å². The summed E-state index contributed by atoms with van der Waals surface area (Å²) in [5.41, 5.74) is 5.16. The van der Waals surface area contributed by atoms with Gasteiger partial charge in [0, 0.05) is 23.3 Å². The zero-order valence-corrected chi connectivity index (χ0v) is 22.7. The Bertz CT molecular complexity index is 1570. The van der Waals surface area contributed by atoms with Crippen LogP contribution in [0, 0.1) is 6.92 Å². The van der Waals surface area contributed by atoms with Crippen molar-refractivity contribution in [1.29, 1.82) is 0 Å². The monoisotopic (exact) mass is 543 g/mol. The van der Waals surface area contributed by atoms with Crippen LogP contribution in [0.5, 0.6) is 11.5 Å². The number of amides is 1. The molecule has 2 heterocycles. The van der Waals surface area contributed by atoms with E-state index in [0.29, 0.717) is 33.8 Å². The maximum atomic E-state index is 12.6. The summed E-state index contributed by atoms with van der Waals surface area (Å²) in [7, 11) is 3.26. The van der Waals surface area contributed by atoms with Gasteiger partial charge in [-0.2, -0.15) is 0 Å². The summed E-state index contributed by atoms with van der Waals surface area (Å²) in [4.78, 5) is 21.9. The fourth-order valence-electron chi connectivity index (χ4n) is 3.77. The number of aromatic nitrogens is 4. The van der Waals surface area contributed by atoms with Crippen molar-refractivity contribution >= 4 is 44.4 Å². The van der Waals surface area contributed by atoms with E-state index >= 15 is 0 Å². The molecule has 3 aromatic carbocycles. The van der Waals surface area contributed by atoms with Crippen LogP contribution in [0.3, 0.4) is 0 Å². The first kappa shape index (κ1) is 25.6. The molecule has 10 heteroatoms. The molecule has 0 aliphatic heterocycles. The molecule has 0 spiro atoms. The third-order valence-corrected chi connectivity index (χ3v) is 7.52. The van der Waals surface area contributed by atoms with E-state index < -0.39 is 0 Å². The number of hydrogen-bond acceptors (Lipinski definition) is 9. The number of methoxy groups -OCH3 is 2. The van der Waals surface area contributed by atoms with E-state index in [2.05, 4.69) is 26.6 Å². The third kappa shape index (κ3) is 5.92. The molecule has 0 saturated heterocycles. The first-order chi connectivity index (χ1) is 18.5. The highest BCUT2D eigenvalue weighted by Crippen LogP contribution is 2.32. The van der Waals surface area contributed by atoms with Gasteiger partial charge in [0.2, 0.25) is 11.1 Å². The molecule has 0 aliphatic rings. The number of carbonyl (C=O) groups is 1. The maximum Gasteiger partial charge on any atom is 0.226 e. The van der Waals surface area contributed by atoms with E-state index in [1.54, 1.807) is 14.2 Å². The van der Waals surface area contributed by atoms with E-state index in [9.17, 15) is 4.79 Å². The van der Waals surface area contributed by atoms with Crippen LogP contribution >= 0.6 is 23.1 Å². The molecule has 0 fully saturated rings. The number of carbonyl (C=O) groups excluding carboxylic acids is 1. The predicted octanol–water partition coefficient (Wildman–Crippen LogP) is 6.26. The van der Waals surface area contributed by atoms with Crippen LogP contribution in [0.2, 0.25) is 0 Å². The van der Waals surface area contributed by atoms with Crippen molar-refractivity contribution in [2.75, 3.05) is 25.3 Å². The van der Waals surface area contributed by atoms with Crippen LogP contribution in [-0.2, 0) is 4.79 Å². The number of nitrogens with zero attached hydrogens (tertiary/aromatic N) is 4. The molecule has 192 valence electrons. The molecule has 1 N–H and O–H groups in total. The number of rotatable bonds is 9. The minimum Gasteiger partial charge on any atom is -0.497 e. The average Bonchev–Trinajstić information content (AvgIpc) is 3.34. The highest BCUT2D eigenvalue weighted by atomic mass is 32.2. The Morgan fingerprint density at radius 1 is 0.868 bits per heavy atom. The van der Waals surface area contributed by atoms with Gasteiger partial charge in [-0.3, -0.25) is 4.79 Å². The van der Waals surface area contributed by atoms with E-state index in [1.807, 2.05) is 67.6 Å². The van der Waals surface area contributed by atoms with Gasteiger partial charge in [-0.15, -0.1) is 10.2 Å². The first-order valence-electron chi connectivity index (χ1n) is 11.9. The number of hydrogen-bond donors (Lipinski definition) is 1. The smallest absolute Gasteiger partial charge is 0.226 e. The molecular formula is C28H25N5O3S2. The summed E-state index contributed by atoms with van der Waals surface area (Å²) >= 11 is 2.86. The van der Waals surface area contributed by atoms with Gasteiger partial charge in [-0.1, -0.05) is 29.2 Å². The molecule has 0 aliphatic carbocycles. The van der Waals surface area contributed by atoms with Gasteiger partial charge in [0.05, 0.1) is 24.4 Å². The van der Waals surface area contributed by atoms with Crippen molar-refractivity contribution in [2.45, 2.75) is 18.5 Å². The summed E-state index contributed by atoms with van der Waals surface area (Å²) in [5, 5.41) is 12.8. The summed E-state index contributed by atoms with van der Waals surface area (Å²) in [5.74, 6) is 1.91. The Morgan fingerprint density at radius 3 is 2.18 bits per heavy atom. The quantitative estimate of drug-likeness (QED) is 0.218. The summed E-state index contributed by atoms with van der Waals surface area (Å²) < 4.78 is 11.6. The molecule has 5 aromatic rings. The minimum atomic E-state index is -0.105. The Balaban J connectivity index is 1.30. The summed E-state index contributed by atoms with van der Waals surface area (Å²) in [6.45, 7) is 2.04. The second kappa shape index (κ2) is 11.6.